The van der Waals surface area contributed by atoms with Crippen molar-refractivity contribution in [1.82, 2.24) is 0 Å². The van der Waals surface area contributed by atoms with Crippen LogP contribution in [-0.2, 0) is 6.61 Å². The molecule has 0 aliphatic carbocycles. The molecule has 3 heterocycles. The Morgan fingerprint density at radius 2 is 1.71 bits per heavy atom. The zero-order valence-corrected chi connectivity index (χ0v) is 11.4. The molecule has 86 valence electrons. The Kier molecular flexibility index (Phi) is 3.11. The summed E-state index contributed by atoms with van der Waals surface area (Å²) in [6, 6.07) is 8.36. The van der Waals surface area contributed by atoms with Gasteiger partial charge < -0.3 is 5.11 Å². The summed E-state index contributed by atoms with van der Waals surface area (Å²) in [6.45, 7) is 0.110. The van der Waals surface area contributed by atoms with Crippen molar-refractivity contribution in [2.75, 3.05) is 0 Å². The van der Waals surface area contributed by atoms with Crippen LogP contribution in [0.15, 0.2) is 40.4 Å². The lowest BCUT2D eigenvalue weighted by molar-refractivity contribution is 0.283. The molecular weight excluding hydrogens is 268 g/mol. The minimum atomic E-state index is 0.110. The first kappa shape index (κ1) is 11.2. The highest BCUT2D eigenvalue weighted by Gasteiger charge is 2.13. The van der Waals surface area contributed by atoms with Crippen molar-refractivity contribution >= 4 is 34.0 Å². The number of aliphatic hydroxyl groups is 1. The number of hydrogen-bond acceptors (Lipinski definition) is 4. The van der Waals surface area contributed by atoms with Gasteiger partial charge in [0.1, 0.15) is 0 Å². The van der Waals surface area contributed by atoms with Crippen LogP contribution in [0.4, 0.5) is 0 Å². The Morgan fingerprint density at radius 1 is 0.882 bits per heavy atom. The Hall–Kier alpha value is -0.940. The van der Waals surface area contributed by atoms with Crippen molar-refractivity contribution in [1.29, 1.82) is 0 Å². The smallest absolute Gasteiger partial charge is 0.0696 e. The van der Waals surface area contributed by atoms with Crippen LogP contribution in [0.2, 0.25) is 0 Å². The molecule has 0 atom stereocenters. The molecule has 1 N–H and O–H groups in total. The molecule has 3 rings (SSSR count). The van der Waals surface area contributed by atoms with E-state index in [4.69, 9.17) is 0 Å². The highest BCUT2D eigenvalue weighted by atomic mass is 32.1. The summed E-state index contributed by atoms with van der Waals surface area (Å²) in [5.74, 6) is 0. The summed E-state index contributed by atoms with van der Waals surface area (Å²) in [4.78, 5) is 3.79. The average Bonchev–Trinajstić information content (AvgIpc) is 3.09. The van der Waals surface area contributed by atoms with E-state index >= 15 is 0 Å². The van der Waals surface area contributed by atoms with Crippen LogP contribution in [0.25, 0.3) is 20.2 Å². The summed E-state index contributed by atoms with van der Waals surface area (Å²) in [6.07, 6.45) is 0. The van der Waals surface area contributed by atoms with Crippen molar-refractivity contribution in [3.05, 3.63) is 46.0 Å². The second-order valence-electron chi connectivity index (χ2n) is 3.57. The predicted molar refractivity (Wildman–Crippen MR) is 76.9 cm³/mol. The van der Waals surface area contributed by atoms with Gasteiger partial charge in [0, 0.05) is 15.3 Å². The predicted octanol–water partition coefficient (Wildman–Crippen LogP) is 4.70. The lowest BCUT2D eigenvalue weighted by Gasteiger charge is -2.02. The van der Waals surface area contributed by atoms with E-state index in [1.165, 1.54) is 20.2 Å². The van der Waals surface area contributed by atoms with Crippen LogP contribution in [0.3, 0.4) is 0 Å². The topological polar surface area (TPSA) is 20.2 Å². The van der Waals surface area contributed by atoms with Gasteiger partial charge in [-0.15, -0.1) is 34.0 Å². The molecule has 0 saturated carbocycles. The summed E-state index contributed by atoms with van der Waals surface area (Å²) >= 11 is 5.21. The first-order valence-corrected chi connectivity index (χ1v) is 7.83. The van der Waals surface area contributed by atoms with Gasteiger partial charge in [-0.2, -0.15) is 0 Å². The largest absolute Gasteiger partial charge is 0.392 e. The maximum Gasteiger partial charge on any atom is 0.0696 e. The van der Waals surface area contributed by atoms with Gasteiger partial charge in [-0.1, -0.05) is 6.07 Å². The molecule has 0 spiro atoms. The van der Waals surface area contributed by atoms with Gasteiger partial charge in [-0.05, 0) is 39.9 Å². The Bertz CT molecular complexity index is 604. The number of rotatable bonds is 3. The van der Waals surface area contributed by atoms with E-state index in [0.29, 0.717) is 0 Å². The van der Waals surface area contributed by atoms with Crippen molar-refractivity contribution in [3.63, 3.8) is 0 Å². The van der Waals surface area contributed by atoms with Crippen molar-refractivity contribution in [3.8, 4) is 20.2 Å². The fourth-order valence-corrected chi connectivity index (χ4v) is 4.59. The fourth-order valence-electron chi connectivity index (χ4n) is 1.78. The Balaban J connectivity index is 2.14. The molecule has 0 aromatic carbocycles. The summed E-state index contributed by atoms with van der Waals surface area (Å²) in [7, 11) is 0. The van der Waals surface area contributed by atoms with Crippen LogP contribution in [0.5, 0.6) is 0 Å². The summed E-state index contributed by atoms with van der Waals surface area (Å²) < 4.78 is 0. The van der Waals surface area contributed by atoms with E-state index in [-0.39, 0.29) is 6.61 Å². The standard InChI is InChI=1S/C13H10OS3/c14-8-9-3-6-16-12(9)10-4-7-17-13(10)11-2-1-5-15-11/h1-7,14H,8H2. The maximum atomic E-state index is 9.34. The molecule has 0 bridgehead atoms. The Labute approximate surface area is 112 Å². The van der Waals surface area contributed by atoms with E-state index < -0.39 is 0 Å². The second kappa shape index (κ2) is 4.74. The van der Waals surface area contributed by atoms with Crippen LogP contribution in [0.1, 0.15) is 5.56 Å². The average molecular weight is 278 g/mol. The number of thiophene rings is 3. The minimum Gasteiger partial charge on any atom is -0.392 e. The van der Waals surface area contributed by atoms with E-state index in [1.807, 2.05) is 11.4 Å². The molecule has 17 heavy (non-hydrogen) atoms. The van der Waals surface area contributed by atoms with Crippen LogP contribution in [-0.4, -0.2) is 5.11 Å². The van der Waals surface area contributed by atoms with Crippen molar-refractivity contribution in [2.24, 2.45) is 0 Å². The molecule has 3 aromatic heterocycles. The van der Waals surface area contributed by atoms with Gasteiger partial charge in [0.15, 0.2) is 0 Å². The molecule has 0 saturated heterocycles. The highest BCUT2D eigenvalue weighted by Crippen LogP contribution is 2.42. The third-order valence-corrected chi connectivity index (χ3v) is 5.53. The molecule has 3 aromatic rings. The molecule has 0 unspecified atom stereocenters. The molecule has 0 aliphatic heterocycles. The molecular formula is C13H10OS3. The van der Waals surface area contributed by atoms with Gasteiger partial charge in [-0.25, -0.2) is 0 Å². The Morgan fingerprint density at radius 3 is 2.47 bits per heavy atom. The van der Waals surface area contributed by atoms with Gasteiger partial charge in [0.2, 0.25) is 0 Å². The molecule has 4 heteroatoms. The minimum absolute atomic E-state index is 0.110. The van der Waals surface area contributed by atoms with E-state index in [2.05, 4.69) is 29.0 Å². The van der Waals surface area contributed by atoms with E-state index in [1.54, 1.807) is 34.0 Å². The SMILES string of the molecule is OCc1ccsc1-c1ccsc1-c1cccs1. The molecule has 0 radical (unpaired) electrons. The maximum absolute atomic E-state index is 9.34. The second-order valence-corrected chi connectivity index (χ2v) is 6.35. The van der Waals surface area contributed by atoms with E-state index in [9.17, 15) is 5.11 Å². The van der Waals surface area contributed by atoms with Crippen LogP contribution >= 0.6 is 34.0 Å². The highest BCUT2D eigenvalue weighted by molar-refractivity contribution is 7.21. The normalized spacial score (nSPS) is 10.9. The zero-order chi connectivity index (χ0) is 11.7. The molecule has 1 nitrogen and oxygen atoms in total. The monoisotopic (exact) mass is 278 g/mol. The quantitative estimate of drug-likeness (QED) is 0.736. The zero-order valence-electron chi connectivity index (χ0n) is 8.92. The van der Waals surface area contributed by atoms with Gasteiger partial charge >= 0.3 is 0 Å². The third kappa shape index (κ3) is 1.98. The first-order chi connectivity index (χ1) is 8.40. The summed E-state index contributed by atoms with van der Waals surface area (Å²) in [5.41, 5.74) is 2.27. The van der Waals surface area contributed by atoms with Crippen LogP contribution in [0, 0.1) is 0 Å². The number of hydrogen-bond donors (Lipinski definition) is 1. The van der Waals surface area contributed by atoms with E-state index in [0.717, 1.165) is 5.56 Å². The molecule has 0 fully saturated rings. The molecule has 0 aliphatic rings. The molecule has 0 amide bonds. The first-order valence-electron chi connectivity index (χ1n) is 5.19. The van der Waals surface area contributed by atoms with Gasteiger partial charge in [0.05, 0.1) is 11.5 Å². The van der Waals surface area contributed by atoms with Gasteiger partial charge in [-0.3, -0.25) is 0 Å². The van der Waals surface area contributed by atoms with Gasteiger partial charge in [0.25, 0.3) is 0 Å². The lowest BCUT2D eigenvalue weighted by Crippen LogP contribution is -1.82. The fraction of sp³-hybridized carbons (Fsp3) is 0.0769. The lowest BCUT2D eigenvalue weighted by atomic mass is 10.1. The summed E-state index contributed by atoms with van der Waals surface area (Å²) in [5, 5.41) is 15.6. The number of aliphatic hydroxyl groups excluding tert-OH is 1. The third-order valence-electron chi connectivity index (χ3n) is 2.57. The van der Waals surface area contributed by atoms with Crippen molar-refractivity contribution in [2.45, 2.75) is 6.61 Å². The van der Waals surface area contributed by atoms with Crippen LogP contribution < -0.4 is 0 Å². The van der Waals surface area contributed by atoms with Crippen molar-refractivity contribution < 1.29 is 5.11 Å².